The van der Waals surface area contributed by atoms with E-state index in [2.05, 4.69) is 57.4 Å². The van der Waals surface area contributed by atoms with Crippen LogP contribution in [0.2, 0.25) is 0 Å². The summed E-state index contributed by atoms with van der Waals surface area (Å²) < 4.78 is 1.13. The van der Waals surface area contributed by atoms with E-state index in [1.54, 1.807) is 0 Å². The summed E-state index contributed by atoms with van der Waals surface area (Å²) in [6, 6.07) is 10.4. The number of rotatable bonds is 4. The SMILES string of the molecule is CCc1cc(Br)ccc1NCc1ccc[nH]1. The van der Waals surface area contributed by atoms with E-state index < -0.39 is 0 Å². The van der Waals surface area contributed by atoms with Crippen molar-refractivity contribution in [3.8, 4) is 0 Å². The van der Waals surface area contributed by atoms with Gasteiger partial charge in [0.15, 0.2) is 0 Å². The number of nitrogens with one attached hydrogen (secondary N) is 2. The van der Waals surface area contributed by atoms with Crippen LogP contribution >= 0.6 is 15.9 Å². The van der Waals surface area contributed by atoms with Crippen molar-refractivity contribution in [2.45, 2.75) is 19.9 Å². The molecule has 3 heteroatoms. The van der Waals surface area contributed by atoms with Crippen molar-refractivity contribution in [2.24, 2.45) is 0 Å². The summed E-state index contributed by atoms with van der Waals surface area (Å²) in [7, 11) is 0. The molecule has 2 aromatic rings. The molecule has 0 fully saturated rings. The number of aryl methyl sites for hydroxylation is 1. The highest BCUT2D eigenvalue weighted by molar-refractivity contribution is 9.10. The monoisotopic (exact) mass is 278 g/mol. The van der Waals surface area contributed by atoms with Gasteiger partial charge in [-0.15, -0.1) is 0 Å². The summed E-state index contributed by atoms with van der Waals surface area (Å²) in [5.41, 5.74) is 3.74. The van der Waals surface area contributed by atoms with E-state index in [0.29, 0.717) is 0 Å². The third-order valence-corrected chi connectivity index (χ3v) is 3.07. The van der Waals surface area contributed by atoms with Gasteiger partial charge in [-0.05, 0) is 42.3 Å². The number of aromatic amines is 1. The van der Waals surface area contributed by atoms with Crippen molar-refractivity contribution in [3.05, 3.63) is 52.3 Å². The van der Waals surface area contributed by atoms with Crippen molar-refractivity contribution in [1.82, 2.24) is 4.98 Å². The molecule has 0 unspecified atom stereocenters. The first-order valence-corrected chi connectivity index (χ1v) is 6.23. The van der Waals surface area contributed by atoms with Gasteiger partial charge < -0.3 is 10.3 Å². The lowest BCUT2D eigenvalue weighted by Crippen LogP contribution is -2.02. The Morgan fingerprint density at radius 2 is 2.19 bits per heavy atom. The van der Waals surface area contributed by atoms with E-state index >= 15 is 0 Å². The highest BCUT2D eigenvalue weighted by Crippen LogP contribution is 2.21. The zero-order valence-electron chi connectivity index (χ0n) is 9.26. The molecule has 0 aliphatic heterocycles. The fourth-order valence-electron chi connectivity index (χ4n) is 1.70. The molecule has 0 amide bonds. The quantitative estimate of drug-likeness (QED) is 0.871. The molecule has 0 saturated heterocycles. The average molecular weight is 279 g/mol. The molecule has 2 N–H and O–H groups in total. The molecule has 0 aliphatic carbocycles. The number of halogens is 1. The van der Waals surface area contributed by atoms with Crippen LogP contribution in [0.4, 0.5) is 5.69 Å². The molecule has 0 radical (unpaired) electrons. The van der Waals surface area contributed by atoms with Gasteiger partial charge in [0.1, 0.15) is 0 Å². The summed E-state index contributed by atoms with van der Waals surface area (Å²) in [6.07, 6.45) is 2.98. The van der Waals surface area contributed by atoms with Gasteiger partial charge in [-0.2, -0.15) is 0 Å². The second-order valence-corrected chi connectivity index (χ2v) is 4.62. The summed E-state index contributed by atoms with van der Waals surface area (Å²) in [5.74, 6) is 0. The Morgan fingerprint density at radius 1 is 1.31 bits per heavy atom. The van der Waals surface area contributed by atoms with E-state index in [0.717, 1.165) is 17.4 Å². The number of aromatic nitrogens is 1. The van der Waals surface area contributed by atoms with E-state index in [1.165, 1.54) is 16.9 Å². The fraction of sp³-hybridized carbons (Fsp3) is 0.231. The summed E-state index contributed by atoms with van der Waals surface area (Å²) in [5, 5.41) is 3.44. The smallest absolute Gasteiger partial charge is 0.0551 e. The van der Waals surface area contributed by atoms with Crippen molar-refractivity contribution >= 4 is 21.6 Å². The van der Waals surface area contributed by atoms with Gasteiger partial charge in [-0.3, -0.25) is 0 Å². The van der Waals surface area contributed by atoms with Crippen molar-refractivity contribution in [2.75, 3.05) is 5.32 Å². The lowest BCUT2D eigenvalue weighted by Gasteiger charge is -2.10. The molecule has 0 aliphatic rings. The number of benzene rings is 1. The molecule has 0 bridgehead atoms. The second kappa shape index (κ2) is 5.21. The number of anilines is 1. The maximum Gasteiger partial charge on any atom is 0.0551 e. The van der Waals surface area contributed by atoms with Crippen LogP contribution in [0.15, 0.2) is 41.0 Å². The van der Waals surface area contributed by atoms with Crippen molar-refractivity contribution < 1.29 is 0 Å². The van der Waals surface area contributed by atoms with Crippen LogP contribution < -0.4 is 5.32 Å². The number of hydrogen-bond acceptors (Lipinski definition) is 1. The van der Waals surface area contributed by atoms with E-state index in [-0.39, 0.29) is 0 Å². The normalized spacial score (nSPS) is 10.4. The largest absolute Gasteiger partial charge is 0.379 e. The van der Waals surface area contributed by atoms with Gasteiger partial charge in [0.05, 0.1) is 6.54 Å². The Bertz CT molecular complexity index is 449. The highest BCUT2D eigenvalue weighted by atomic mass is 79.9. The fourth-order valence-corrected chi connectivity index (χ4v) is 2.10. The van der Waals surface area contributed by atoms with Crippen LogP contribution in [0, 0.1) is 0 Å². The predicted octanol–water partition coefficient (Wildman–Crippen LogP) is 3.95. The Balaban J connectivity index is 2.09. The van der Waals surface area contributed by atoms with Crippen LogP contribution in [0.1, 0.15) is 18.2 Å². The minimum atomic E-state index is 0.835. The minimum absolute atomic E-state index is 0.835. The van der Waals surface area contributed by atoms with Crippen LogP contribution in [-0.2, 0) is 13.0 Å². The maximum absolute atomic E-state index is 3.49. The Hall–Kier alpha value is -1.22. The van der Waals surface area contributed by atoms with E-state index in [1.807, 2.05) is 12.3 Å². The average Bonchev–Trinajstić information content (AvgIpc) is 2.80. The Labute approximate surface area is 104 Å². The highest BCUT2D eigenvalue weighted by Gasteiger charge is 2.01. The first-order chi connectivity index (χ1) is 7.79. The van der Waals surface area contributed by atoms with Crippen LogP contribution in [0.25, 0.3) is 0 Å². The molecule has 1 aromatic carbocycles. The van der Waals surface area contributed by atoms with Gasteiger partial charge in [0, 0.05) is 22.1 Å². The summed E-state index contributed by atoms with van der Waals surface area (Å²) in [6.45, 7) is 3.00. The molecule has 0 atom stereocenters. The molecular formula is C13H15BrN2. The van der Waals surface area contributed by atoms with Crippen LogP contribution in [0.3, 0.4) is 0 Å². The molecule has 16 heavy (non-hydrogen) atoms. The molecule has 84 valence electrons. The lowest BCUT2D eigenvalue weighted by molar-refractivity contribution is 1.05. The van der Waals surface area contributed by atoms with Crippen LogP contribution in [0.5, 0.6) is 0 Å². The molecule has 0 spiro atoms. The molecule has 1 aromatic heterocycles. The zero-order chi connectivity index (χ0) is 11.4. The van der Waals surface area contributed by atoms with E-state index in [9.17, 15) is 0 Å². The van der Waals surface area contributed by atoms with Gasteiger partial charge in [-0.1, -0.05) is 22.9 Å². The third kappa shape index (κ3) is 2.67. The molecule has 0 saturated carbocycles. The van der Waals surface area contributed by atoms with Crippen molar-refractivity contribution in [3.63, 3.8) is 0 Å². The topological polar surface area (TPSA) is 27.8 Å². The van der Waals surface area contributed by atoms with Gasteiger partial charge in [0.2, 0.25) is 0 Å². The second-order valence-electron chi connectivity index (χ2n) is 3.70. The zero-order valence-corrected chi connectivity index (χ0v) is 10.8. The lowest BCUT2D eigenvalue weighted by atomic mass is 10.1. The van der Waals surface area contributed by atoms with Gasteiger partial charge >= 0.3 is 0 Å². The third-order valence-electron chi connectivity index (χ3n) is 2.58. The van der Waals surface area contributed by atoms with Crippen molar-refractivity contribution in [1.29, 1.82) is 0 Å². The maximum atomic E-state index is 3.49. The molecule has 2 nitrogen and oxygen atoms in total. The Morgan fingerprint density at radius 3 is 2.88 bits per heavy atom. The summed E-state index contributed by atoms with van der Waals surface area (Å²) in [4.78, 5) is 3.18. The molecule has 2 rings (SSSR count). The molecule has 1 heterocycles. The first kappa shape index (κ1) is 11.3. The van der Waals surface area contributed by atoms with Crippen LogP contribution in [-0.4, -0.2) is 4.98 Å². The predicted molar refractivity (Wildman–Crippen MR) is 71.6 cm³/mol. The molecular weight excluding hydrogens is 264 g/mol. The van der Waals surface area contributed by atoms with Gasteiger partial charge in [-0.25, -0.2) is 0 Å². The standard InChI is InChI=1S/C13H15BrN2/c1-2-10-8-11(14)5-6-13(10)16-9-12-4-3-7-15-12/h3-8,15-16H,2,9H2,1H3. The minimum Gasteiger partial charge on any atom is -0.379 e. The number of H-pyrrole nitrogens is 1. The van der Waals surface area contributed by atoms with E-state index in [4.69, 9.17) is 0 Å². The Kier molecular flexibility index (Phi) is 3.67. The summed E-state index contributed by atoms with van der Waals surface area (Å²) >= 11 is 3.49. The number of hydrogen-bond donors (Lipinski definition) is 2. The van der Waals surface area contributed by atoms with Gasteiger partial charge in [0.25, 0.3) is 0 Å². The first-order valence-electron chi connectivity index (χ1n) is 5.44.